The molecular weight excluding hydrogens is 222 g/mol. The van der Waals surface area contributed by atoms with Crippen molar-refractivity contribution in [3.05, 3.63) is 17.0 Å². The van der Waals surface area contributed by atoms with Crippen molar-refractivity contribution in [2.45, 2.75) is 71.9 Å². The SMILES string of the molecule is Cc1nn(CCNC2CCCCCC2)c(C)c1C. The topological polar surface area (TPSA) is 29.9 Å². The quantitative estimate of drug-likeness (QED) is 0.831. The Bertz CT molecular complexity index is 373. The van der Waals surface area contributed by atoms with Gasteiger partial charge in [0.25, 0.3) is 0 Å². The first-order chi connectivity index (χ1) is 8.68. The highest BCUT2D eigenvalue weighted by molar-refractivity contribution is 5.22. The zero-order chi connectivity index (χ0) is 13.0. The van der Waals surface area contributed by atoms with Gasteiger partial charge in [-0.15, -0.1) is 0 Å². The summed E-state index contributed by atoms with van der Waals surface area (Å²) in [6.45, 7) is 8.47. The highest BCUT2D eigenvalue weighted by Gasteiger charge is 2.12. The van der Waals surface area contributed by atoms with Crippen LogP contribution < -0.4 is 5.32 Å². The molecule has 0 saturated heterocycles. The van der Waals surface area contributed by atoms with Crippen LogP contribution in [-0.4, -0.2) is 22.4 Å². The van der Waals surface area contributed by atoms with Crippen molar-refractivity contribution in [2.75, 3.05) is 6.54 Å². The normalized spacial score (nSPS) is 17.9. The van der Waals surface area contributed by atoms with E-state index in [-0.39, 0.29) is 0 Å². The van der Waals surface area contributed by atoms with Crippen LogP contribution in [0.2, 0.25) is 0 Å². The molecule has 0 amide bonds. The van der Waals surface area contributed by atoms with Gasteiger partial charge in [-0.3, -0.25) is 4.68 Å². The Morgan fingerprint density at radius 2 is 1.78 bits per heavy atom. The summed E-state index contributed by atoms with van der Waals surface area (Å²) in [5.41, 5.74) is 3.82. The van der Waals surface area contributed by atoms with Crippen LogP contribution >= 0.6 is 0 Å². The Balaban J connectivity index is 1.79. The van der Waals surface area contributed by atoms with Gasteiger partial charge in [0.15, 0.2) is 0 Å². The molecule has 1 aliphatic rings. The van der Waals surface area contributed by atoms with Crippen LogP contribution in [0, 0.1) is 20.8 Å². The van der Waals surface area contributed by atoms with Crippen LogP contribution in [0.5, 0.6) is 0 Å². The second-order valence-electron chi connectivity index (χ2n) is 5.66. The van der Waals surface area contributed by atoms with E-state index >= 15 is 0 Å². The number of aromatic nitrogens is 2. The monoisotopic (exact) mass is 249 g/mol. The van der Waals surface area contributed by atoms with Gasteiger partial charge in [-0.25, -0.2) is 0 Å². The Morgan fingerprint density at radius 1 is 1.11 bits per heavy atom. The molecule has 3 nitrogen and oxygen atoms in total. The summed E-state index contributed by atoms with van der Waals surface area (Å²) in [5.74, 6) is 0. The lowest BCUT2D eigenvalue weighted by Crippen LogP contribution is -2.31. The van der Waals surface area contributed by atoms with Crippen LogP contribution in [0.3, 0.4) is 0 Å². The molecule has 1 heterocycles. The molecule has 1 fully saturated rings. The molecule has 1 N–H and O–H groups in total. The van der Waals surface area contributed by atoms with Crippen LogP contribution in [0.1, 0.15) is 55.5 Å². The van der Waals surface area contributed by atoms with Gasteiger partial charge in [0.05, 0.1) is 12.2 Å². The first-order valence-corrected chi connectivity index (χ1v) is 7.42. The third-order valence-corrected chi connectivity index (χ3v) is 4.36. The van der Waals surface area contributed by atoms with E-state index < -0.39 is 0 Å². The molecule has 1 aliphatic carbocycles. The lowest BCUT2D eigenvalue weighted by Gasteiger charge is -2.16. The van der Waals surface area contributed by atoms with E-state index in [4.69, 9.17) is 0 Å². The van der Waals surface area contributed by atoms with Gasteiger partial charge in [0, 0.05) is 18.3 Å². The van der Waals surface area contributed by atoms with Crippen LogP contribution in [0.15, 0.2) is 0 Å². The molecule has 0 unspecified atom stereocenters. The molecule has 102 valence electrons. The Kier molecular flexibility index (Phi) is 4.81. The van der Waals surface area contributed by atoms with Gasteiger partial charge < -0.3 is 5.32 Å². The molecular formula is C15H27N3. The fraction of sp³-hybridized carbons (Fsp3) is 0.800. The van der Waals surface area contributed by atoms with E-state index in [0.717, 1.165) is 19.1 Å². The van der Waals surface area contributed by atoms with Crippen molar-refractivity contribution in [1.82, 2.24) is 15.1 Å². The summed E-state index contributed by atoms with van der Waals surface area (Å²) in [4.78, 5) is 0. The zero-order valence-electron chi connectivity index (χ0n) is 12.1. The molecule has 18 heavy (non-hydrogen) atoms. The summed E-state index contributed by atoms with van der Waals surface area (Å²) in [5, 5.41) is 8.29. The van der Waals surface area contributed by atoms with Crippen LogP contribution in [0.25, 0.3) is 0 Å². The zero-order valence-corrected chi connectivity index (χ0v) is 12.1. The second kappa shape index (κ2) is 6.37. The van der Waals surface area contributed by atoms with Crippen LogP contribution in [0.4, 0.5) is 0 Å². The van der Waals surface area contributed by atoms with E-state index in [1.54, 1.807) is 0 Å². The minimum absolute atomic E-state index is 0.741. The van der Waals surface area contributed by atoms with Gasteiger partial charge in [-0.05, 0) is 39.2 Å². The summed E-state index contributed by atoms with van der Waals surface area (Å²) in [7, 11) is 0. The fourth-order valence-corrected chi connectivity index (χ4v) is 2.86. The van der Waals surface area contributed by atoms with Crippen molar-refractivity contribution in [1.29, 1.82) is 0 Å². The van der Waals surface area contributed by atoms with E-state index in [9.17, 15) is 0 Å². The minimum atomic E-state index is 0.741. The first kappa shape index (κ1) is 13.6. The Morgan fingerprint density at radius 3 is 2.33 bits per heavy atom. The largest absolute Gasteiger partial charge is 0.312 e. The molecule has 0 bridgehead atoms. The standard InChI is InChI=1S/C15H27N3/c1-12-13(2)17-18(14(12)3)11-10-16-15-8-6-4-5-7-9-15/h15-16H,4-11H2,1-3H3. The second-order valence-corrected chi connectivity index (χ2v) is 5.66. The predicted molar refractivity (Wildman–Crippen MR) is 75.9 cm³/mol. The predicted octanol–water partition coefficient (Wildman–Crippen LogP) is 3.12. The van der Waals surface area contributed by atoms with E-state index in [1.807, 2.05) is 0 Å². The molecule has 1 aromatic rings. The van der Waals surface area contributed by atoms with Gasteiger partial charge in [0.1, 0.15) is 0 Å². The number of aryl methyl sites for hydroxylation is 1. The number of rotatable bonds is 4. The average molecular weight is 249 g/mol. The lowest BCUT2D eigenvalue weighted by atomic mass is 10.1. The summed E-state index contributed by atoms with van der Waals surface area (Å²) in [6, 6.07) is 0.741. The molecule has 0 spiro atoms. The van der Waals surface area contributed by atoms with Crippen molar-refractivity contribution >= 4 is 0 Å². The highest BCUT2D eigenvalue weighted by atomic mass is 15.3. The summed E-state index contributed by atoms with van der Waals surface area (Å²) in [6.07, 6.45) is 8.36. The smallest absolute Gasteiger partial charge is 0.0625 e. The highest BCUT2D eigenvalue weighted by Crippen LogP contribution is 2.17. The molecule has 0 aliphatic heterocycles. The van der Waals surface area contributed by atoms with Crippen LogP contribution in [-0.2, 0) is 6.54 Å². The lowest BCUT2D eigenvalue weighted by molar-refractivity contribution is 0.434. The summed E-state index contributed by atoms with van der Waals surface area (Å²) < 4.78 is 2.15. The molecule has 0 aromatic carbocycles. The average Bonchev–Trinajstić information content (AvgIpc) is 2.59. The van der Waals surface area contributed by atoms with Crippen molar-refractivity contribution < 1.29 is 0 Å². The van der Waals surface area contributed by atoms with Gasteiger partial charge in [-0.1, -0.05) is 25.7 Å². The van der Waals surface area contributed by atoms with Crippen molar-refractivity contribution in [2.24, 2.45) is 0 Å². The number of hydrogen-bond donors (Lipinski definition) is 1. The number of nitrogens with zero attached hydrogens (tertiary/aromatic N) is 2. The molecule has 1 saturated carbocycles. The van der Waals surface area contributed by atoms with E-state index in [0.29, 0.717) is 0 Å². The maximum absolute atomic E-state index is 4.59. The maximum atomic E-state index is 4.59. The molecule has 1 aromatic heterocycles. The molecule has 0 atom stereocenters. The Hall–Kier alpha value is -0.830. The summed E-state index contributed by atoms with van der Waals surface area (Å²) >= 11 is 0. The Labute approximate surface area is 111 Å². The number of hydrogen-bond acceptors (Lipinski definition) is 2. The van der Waals surface area contributed by atoms with Gasteiger partial charge in [0.2, 0.25) is 0 Å². The maximum Gasteiger partial charge on any atom is 0.0625 e. The molecule has 0 radical (unpaired) electrons. The minimum Gasteiger partial charge on any atom is -0.312 e. The van der Waals surface area contributed by atoms with Crippen molar-refractivity contribution in [3.63, 3.8) is 0 Å². The van der Waals surface area contributed by atoms with Gasteiger partial charge >= 0.3 is 0 Å². The third-order valence-electron chi connectivity index (χ3n) is 4.36. The first-order valence-electron chi connectivity index (χ1n) is 7.42. The third kappa shape index (κ3) is 3.35. The molecule has 2 rings (SSSR count). The van der Waals surface area contributed by atoms with Crippen molar-refractivity contribution in [3.8, 4) is 0 Å². The number of nitrogens with one attached hydrogen (secondary N) is 1. The fourth-order valence-electron chi connectivity index (χ4n) is 2.86. The molecule has 3 heteroatoms. The van der Waals surface area contributed by atoms with E-state index in [2.05, 4.69) is 35.9 Å². The van der Waals surface area contributed by atoms with E-state index in [1.165, 1.54) is 55.5 Å². The van der Waals surface area contributed by atoms with Gasteiger partial charge in [-0.2, -0.15) is 5.10 Å².